The van der Waals surface area contributed by atoms with Crippen LogP contribution in [0.5, 0.6) is 0 Å². The maximum absolute atomic E-state index is 12.6. The SMILES string of the molecule is Cc1ccc(-n2nnnc2SCC(=O)N2CCN(C3CCS(=O)(=O)C3)CC2)cc1. The lowest BCUT2D eigenvalue weighted by atomic mass is 10.2. The van der Waals surface area contributed by atoms with Crippen LogP contribution in [0, 0.1) is 6.92 Å². The zero-order chi connectivity index (χ0) is 20.4. The molecule has 2 aromatic rings. The van der Waals surface area contributed by atoms with E-state index in [-0.39, 0.29) is 29.2 Å². The van der Waals surface area contributed by atoms with E-state index in [1.165, 1.54) is 11.8 Å². The fourth-order valence-electron chi connectivity index (χ4n) is 3.73. The van der Waals surface area contributed by atoms with Gasteiger partial charge in [-0.05, 0) is 35.9 Å². The largest absolute Gasteiger partial charge is 0.339 e. The predicted molar refractivity (Wildman–Crippen MR) is 110 cm³/mol. The molecule has 9 nitrogen and oxygen atoms in total. The van der Waals surface area contributed by atoms with E-state index in [1.54, 1.807) is 4.68 Å². The van der Waals surface area contributed by atoms with Gasteiger partial charge < -0.3 is 4.90 Å². The van der Waals surface area contributed by atoms with Gasteiger partial charge in [0.1, 0.15) is 0 Å². The first-order chi connectivity index (χ1) is 13.9. The van der Waals surface area contributed by atoms with Crippen molar-refractivity contribution in [2.75, 3.05) is 43.4 Å². The molecular weight excluding hydrogens is 412 g/mol. The van der Waals surface area contributed by atoms with Crippen LogP contribution in [-0.4, -0.2) is 93.8 Å². The molecule has 2 saturated heterocycles. The van der Waals surface area contributed by atoms with Gasteiger partial charge in [0.05, 0.1) is 22.9 Å². The van der Waals surface area contributed by atoms with Crippen LogP contribution in [0.1, 0.15) is 12.0 Å². The van der Waals surface area contributed by atoms with Gasteiger partial charge >= 0.3 is 0 Å². The topological polar surface area (TPSA) is 101 Å². The zero-order valence-electron chi connectivity index (χ0n) is 16.3. The van der Waals surface area contributed by atoms with Crippen molar-refractivity contribution in [2.24, 2.45) is 0 Å². The summed E-state index contributed by atoms with van der Waals surface area (Å²) in [5.74, 6) is 0.846. The summed E-state index contributed by atoms with van der Waals surface area (Å²) >= 11 is 1.32. The maximum atomic E-state index is 12.6. The first-order valence-corrected chi connectivity index (χ1v) is 12.4. The summed E-state index contributed by atoms with van der Waals surface area (Å²) in [4.78, 5) is 16.7. The van der Waals surface area contributed by atoms with Crippen LogP contribution in [0.15, 0.2) is 29.4 Å². The minimum absolute atomic E-state index is 0.0483. The second-order valence-electron chi connectivity index (χ2n) is 7.47. The first kappa shape index (κ1) is 20.3. The average molecular weight is 437 g/mol. The molecule has 156 valence electrons. The number of amides is 1. The molecule has 1 unspecified atom stereocenters. The molecule has 1 aromatic heterocycles. The number of carbonyl (C=O) groups excluding carboxylic acids is 1. The molecule has 29 heavy (non-hydrogen) atoms. The Labute approximate surface area is 174 Å². The molecule has 0 spiro atoms. The van der Waals surface area contributed by atoms with Crippen molar-refractivity contribution >= 4 is 27.5 Å². The number of carbonyl (C=O) groups is 1. The van der Waals surface area contributed by atoms with E-state index >= 15 is 0 Å². The minimum Gasteiger partial charge on any atom is -0.339 e. The summed E-state index contributed by atoms with van der Waals surface area (Å²) in [6.45, 7) is 4.70. The van der Waals surface area contributed by atoms with Gasteiger partial charge in [0.25, 0.3) is 0 Å². The maximum Gasteiger partial charge on any atom is 0.233 e. The van der Waals surface area contributed by atoms with Crippen LogP contribution < -0.4 is 0 Å². The Balaban J connectivity index is 1.29. The Morgan fingerprint density at radius 2 is 1.90 bits per heavy atom. The highest BCUT2D eigenvalue weighted by molar-refractivity contribution is 7.99. The van der Waals surface area contributed by atoms with Gasteiger partial charge in [0.2, 0.25) is 11.1 Å². The number of hydrogen-bond donors (Lipinski definition) is 0. The highest BCUT2D eigenvalue weighted by Crippen LogP contribution is 2.21. The van der Waals surface area contributed by atoms with Gasteiger partial charge in [-0.3, -0.25) is 9.69 Å². The minimum atomic E-state index is -2.88. The standard InChI is InChI=1S/C18H24N6O3S2/c1-14-2-4-15(5-3-14)24-18(19-20-21-24)28-12-17(25)23-9-7-22(8-10-23)16-6-11-29(26,27)13-16/h2-5,16H,6-13H2,1H3. The smallest absolute Gasteiger partial charge is 0.233 e. The van der Waals surface area contributed by atoms with Gasteiger partial charge in [-0.15, -0.1) is 5.10 Å². The highest BCUT2D eigenvalue weighted by atomic mass is 32.2. The Morgan fingerprint density at radius 3 is 2.55 bits per heavy atom. The van der Waals surface area contributed by atoms with Gasteiger partial charge in [-0.25, -0.2) is 8.42 Å². The lowest BCUT2D eigenvalue weighted by Gasteiger charge is -2.37. The number of aryl methyl sites for hydroxylation is 1. The van der Waals surface area contributed by atoms with Crippen LogP contribution in [0.4, 0.5) is 0 Å². The second-order valence-corrected chi connectivity index (χ2v) is 10.6. The zero-order valence-corrected chi connectivity index (χ0v) is 17.9. The highest BCUT2D eigenvalue weighted by Gasteiger charge is 2.34. The van der Waals surface area contributed by atoms with Crippen LogP contribution in [0.3, 0.4) is 0 Å². The van der Waals surface area contributed by atoms with Crippen molar-refractivity contribution in [3.63, 3.8) is 0 Å². The molecule has 1 aromatic carbocycles. The molecule has 0 radical (unpaired) electrons. The van der Waals surface area contributed by atoms with E-state index in [1.807, 2.05) is 36.1 Å². The molecular formula is C18H24N6O3S2. The van der Waals surface area contributed by atoms with Crippen LogP contribution in [-0.2, 0) is 14.6 Å². The third-order valence-electron chi connectivity index (χ3n) is 5.44. The summed E-state index contributed by atoms with van der Waals surface area (Å²) in [7, 11) is -2.88. The van der Waals surface area contributed by atoms with Crippen molar-refractivity contribution in [2.45, 2.75) is 24.5 Å². The van der Waals surface area contributed by atoms with Gasteiger partial charge in [-0.1, -0.05) is 29.5 Å². The number of thioether (sulfide) groups is 1. The monoisotopic (exact) mass is 436 g/mol. The van der Waals surface area contributed by atoms with Gasteiger partial charge in [0.15, 0.2) is 9.84 Å². The molecule has 0 bridgehead atoms. The van der Waals surface area contributed by atoms with Gasteiger partial charge in [0, 0.05) is 32.2 Å². The normalized spacial score (nSPS) is 22.1. The van der Waals surface area contributed by atoms with Crippen molar-refractivity contribution in [3.05, 3.63) is 29.8 Å². The summed E-state index contributed by atoms with van der Waals surface area (Å²) in [5, 5.41) is 12.4. The number of tetrazole rings is 1. The summed E-state index contributed by atoms with van der Waals surface area (Å²) in [5.41, 5.74) is 2.01. The lowest BCUT2D eigenvalue weighted by Crippen LogP contribution is -2.52. The molecule has 2 aliphatic rings. The van der Waals surface area contributed by atoms with Gasteiger partial charge in [-0.2, -0.15) is 4.68 Å². The molecule has 0 aliphatic carbocycles. The van der Waals surface area contributed by atoms with Crippen molar-refractivity contribution in [1.29, 1.82) is 0 Å². The first-order valence-electron chi connectivity index (χ1n) is 9.62. The molecule has 0 N–H and O–H groups in total. The van der Waals surface area contributed by atoms with E-state index in [9.17, 15) is 13.2 Å². The summed E-state index contributed by atoms with van der Waals surface area (Å²) in [6.07, 6.45) is 0.702. The molecule has 1 atom stereocenters. The Kier molecular flexibility index (Phi) is 5.88. The fourth-order valence-corrected chi connectivity index (χ4v) is 6.29. The fraction of sp³-hybridized carbons (Fsp3) is 0.556. The third kappa shape index (κ3) is 4.78. The number of aromatic nitrogens is 4. The average Bonchev–Trinajstić information content (AvgIpc) is 3.33. The number of sulfone groups is 1. The van der Waals surface area contributed by atoms with E-state index in [0.29, 0.717) is 24.7 Å². The molecule has 0 saturated carbocycles. The summed E-state index contributed by atoms with van der Waals surface area (Å²) < 4.78 is 25.0. The summed E-state index contributed by atoms with van der Waals surface area (Å²) in [6, 6.07) is 7.97. The molecule has 1 amide bonds. The van der Waals surface area contributed by atoms with E-state index in [4.69, 9.17) is 0 Å². The second kappa shape index (κ2) is 8.41. The molecule has 11 heteroatoms. The van der Waals surface area contributed by atoms with Crippen molar-refractivity contribution < 1.29 is 13.2 Å². The molecule has 3 heterocycles. The Morgan fingerprint density at radius 1 is 1.17 bits per heavy atom. The number of nitrogens with zero attached hydrogens (tertiary/aromatic N) is 6. The molecule has 2 aliphatic heterocycles. The van der Waals surface area contributed by atoms with E-state index in [2.05, 4.69) is 20.4 Å². The predicted octanol–water partition coefficient (Wildman–Crippen LogP) is 0.394. The number of hydrogen-bond acceptors (Lipinski definition) is 8. The van der Waals surface area contributed by atoms with Crippen molar-refractivity contribution in [3.8, 4) is 5.69 Å². The number of benzene rings is 1. The lowest BCUT2D eigenvalue weighted by molar-refractivity contribution is -0.130. The quantitative estimate of drug-likeness (QED) is 0.621. The molecule has 4 rings (SSSR count). The van der Waals surface area contributed by atoms with Crippen molar-refractivity contribution in [1.82, 2.24) is 30.0 Å². The Bertz CT molecular complexity index is 968. The third-order valence-corrected chi connectivity index (χ3v) is 8.09. The number of piperazine rings is 1. The number of rotatable bonds is 5. The molecule has 2 fully saturated rings. The van der Waals surface area contributed by atoms with Crippen LogP contribution >= 0.6 is 11.8 Å². The van der Waals surface area contributed by atoms with E-state index < -0.39 is 9.84 Å². The van der Waals surface area contributed by atoms with E-state index in [0.717, 1.165) is 24.3 Å². The Hall–Kier alpha value is -1.98. The van der Waals surface area contributed by atoms with Crippen LogP contribution in [0.25, 0.3) is 5.69 Å². The van der Waals surface area contributed by atoms with Crippen LogP contribution in [0.2, 0.25) is 0 Å².